The summed E-state index contributed by atoms with van der Waals surface area (Å²) >= 11 is 0. The summed E-state index contributed by atoms with van der Waals surface area (Å²) in [5, 5.41) is 8.90. The molecule has 1 N–H and O–H groups in total. The first-order valence-electron chi connectivity index (χ1n) is 5.91. The van der Waals surface area contributed by atoms with E-state index >= 15 is 0 Å². The molecule has 0 amide bonds. The van der Waals surface area contributed by atoms with Gasteiger partial charge in [0.25, 0.3) is 0 Å². The quantitative estimate of drug-likeness (QED) is 0.829. The second kappa shape index (κ2) is 7.47. The van der Waals surface area contributed by atoms with Crippen molar-refractivity contribution in [3.05, 3.63) is 35.4 Å². The summed E-state index contributed by atoms with van der Waals surface area (Å²) in [7, 11) is 1.46. The van der Waals surface area contributed by atoms with Crippen LogP contribution in [0.4, 0.5) is 13.2 Å². The normalized spacial score (nSPS) is 12.1. The minimum Gasteiger partial charge on any atom is -0.392 e. The molecule has 19 heavy (non-hydrogen) atoms. The van der Waals surface area contributed by atoms with E-state index in [4.69, 9.17) is 9.84 Å². The van der Waals surface area contributed by atoms with Crippen molar-refractivity contribution in [2.24, 2.45) is 0 Å². The highest BCUT2D eigenvalue weighted by Gasteiger charge is 2.30. The molecule has 0 saturated carbocycles. The highest BCUT2D eigenvalue weighted by molar-refractivity contribution is 5.21. The molecule has 0 bridgehead atoms. The Bertz CT molecular complexity index is 365. The first-order valence-corrected chi connectivity index (χ1v) is 5.91. The number of ether oxygens (including phenoxy) is 1. The molecule has 3 nitrogen and oxygen atoms in total. The predicted octanol–water partition coefficient (Wildman–Crippen LogP) is 2.19. The smallest absolute Gasteiger partial charge is 0.392 e. The molecule has 0 fully saturated rings. The molecule has 1 rings (SSSR count). The minimum atomic E-state index is -4.22. The fraction of sp³-hybridized carbons (Fsp3) is 0.538. The molecule has 0 aliphatic carbocycles. The molecule has 0 heterocycles. The Hall–Kier alpha value is -1.11. The molecule has 0 saturated heterocycles. The van der Waals surface area contributed by atoms with Crippen molar-refractivity contribution in [2.45, 2.75) is 19.3 Å². The van der Waals surface area contributed by atoms with Crippen LogP contribution in [-0.2, 0) is 17.9 Å². The number of alkyl halides is 3. The molecule has 0 aliphatic rings. The van der Waals surface area contributed by atoms with Gasteiger partial charge in [-0.15, -0.1) is 0 Å². The number of halogens is 3. The second-order valence-corrected chi connectivity index (χ2v) is 4.29. The lowest BCUT2D eigenvalue weighted by Crippen LogP contribution is -2.36. The zero-order valence-corrected chi connectivity index (χ0v) is 10.8. The third-order valence-corrected chi connectivity index (χ3v) is 2.63. The van der Waals surface area contributed by atoms with Gasteiger partial charge in [0.1, 0.15) is 0 Å². The number of methoxy groups -OCH3 is 1. The number of hydrogen-bond acceptors (Lipinski definition) is 3. The summed E-state index contributed by atoms with van der Waals surface area (Å²) < 4.78 is 42.1. The Balaban J connectivity index is 2.63. The number of aliphatic hydroxyl groups is 1. The van der Waals surface area contributed by atoms with Crippen molar-refractivity contribution >= 4 is 0 Å². The molecule has 0 unspecified atom stereocenters. The van der Waals surface area contributed by atoms with E-state index in [9.17, 15) is 13.2 Å². The maximum Gasteiger partial charge on any atom is 0.401 e. The number of hydrogen-bond donors (Lipinski definition) is 1. The van der Waals surface area contributed by atoms with Crippen molar-refractivity contribution in [3.63, 3.8) is 0 Å². The van der Waals surface area contributed by atoms with E-state index in [-0.39, 0.29) is 26.3 Å². The molecular weight excluding hydrogens is 259 g/mol. The van der Waals surface area contributed by atoms with Gasteiger partial charge in [-0.25, -0.2) is 0 Å². The molecular formula is C13H18F3NO2. The molecule has 6 heteroatoms. The van der Waals surface area contributed by atoms with Gasteiger partial charge < -0.3 is 9.84 Å². The van der Waals surface area contributed by atoms with Crippen molar-refractivity contribution < 1.29 is 23.0 Å². The van der Waals surface area contributed by atoms with E-state index in [1.54, 1.807) is 24.3 Å². The summed E-state index contributed by atoms with van der Waals surface area (Å²) in [6.07, 6.45) is -4.22. The Labute approximate surface area is 110 Å². The van der Waals surface area contributed by atoms with Gasteiger partial charge in [0.2, 0.25) is 0 Å². The van der Waals surface area contributed by atoms with E-state index in [2.05, 4.69) is 0 Å². The maximum atomic E-state index is 12.4. The van der Waals surface area contributed by atoms with Crippen LogP contribution >= 0.6 is 0 Å². The van der Waals surface area contributed by atoms with Gasteiger partial charge in [-0.2, -0.15) is 13.2 Å². The van der Waals surface area contributed by atoms with Crippen LogP contribution in [0.5, 0.6) is 0 Å². The molecule has 0 radical (unpaired) electrons. The zero-order valence-electron chi connectivity index (χ0n) is 10.8. The van der Waals surface area contributed by atoms with Crippen LogP contribution in [0, 0.1) is 0 Å². The van der Waals surface area contributed by atoms with E-state index in [0.717, 1.165) is 11.1 Å². The monoisotopic (exact) mass is 277 g/mol. The lowest BCUT2D eigenvalue weighted by molar-refractivity contribution is -0.148. The number of benzene rings is 1. The highest BCUT2D eigenvalue weighted by atomic mass is 19.4. The van der Waals surface area contributed by atoms with Crippen LogP contribution in [0.1, 0.15) is 11.1 Å². The zero-order chi connectivity index (χ0) is 14.3. The van der Waals surface area contributed by atoms with Crippen LogP contribution < -0.4 is 0 Å². The SMILES string of the molecule is COCCN(Cc1ccc(CO)cc1)CC(F)(F)F. The average Bonchev–Trinajstić information content (AvgIpc) is 2.35. The molecule has 108 valence electrons. The fourth-order valence-electron chi connectivity index (χ4n) is 1.70. The van der Waals surface area contributed by atoms with Gasteiger partial charge in [-0.3, -0.25) is 4.90 Å². The summed E-state index contributed by atoms with van der Waals surface area (Å²) in [4.78, 5) is 1.29. The van der Waals surface area contributed by atoms with Gasteiger partial charge in [0.15, 0.2) is 0 Å². The third-order valence-electron chi connectivity index (χ3n) is 2.63. The molecule has 1 aromatic carbocycles. The van der Waals surface area contributed by atoms with Crippen LogP contribution in [0.15, 0.2) is 24.3 Å². The van der Waals surface area contributed by atoms with E-state index in [1.807, 2.05) is 0 Å². The van der Waals surface area contributed by atoms with Gasteiger partial charge in [0.05, 0.1) is 19.8 Å². The third kappa shape index (κ3) is 6.56. The highest BCUT2D eigenvalue weighted by Crippen LogP contribution is 2.18. The van der Waals surface area contributed by atoms with Crippen molar-refractivity contribution in [1.29, 1.82) is 0 Å². The summed E-state index contributed by atoms with van der Waals surface area (Å²) in [5.74, 6) is 0. The summed E-state index contributed by atoms with van der Waals surface area (Å²) in [6.45, 7) is -0.356. The lowest BCUT2D eigenvalue weighted by Gasteiger charge is -2.23. The second-order valence-electron chi connectivity index (χ2n) is 4.29. The van der Waals surface area contributed by atoms with E-state index < -0.39 is 12.7 Å². The van der Waals surface area contributed by atoms with Gasteiger partial charge >= 0.3 is 6.18 Å². The van der Waals surface area contributed by atoms with Gasteiger partial charge in [0, 0.05) is 20.2 Å². The molecule has 0 spiro atoms. The van der Waals surface area contributed by atoms with E-state index in [1.165, 1.54) is 12.0 Å². The van der Waals surface area contributed by atoms with Crippen LogP contribution in [-0.4, -0.2) is 43.0 Å². The lowest BCUT2D eigenvalue weighted by atomic mass is 10.1. The number of nitrogens with zero attached hydrogens (tertiary/aromatic N) is 1. The Morgan fingerprint density at radius 2 is 1.74 bits per heavy atom. The van der Waals surface area contributed by atoms with Crippen molar-refractivity contribution in [3.8, 4) is 0 Å². The Morgan fingerprint density at radius 1 is 1.16 bits per heavy atom. The first kappa shape index (κ1) is 15.9. The van der Waals surface area contributed by atoms with Crippen LogP contribution in [0.25, 0.3) is 0 Å². The first-order chi connectivity index (χ1) is 8.94. The molecule has 1 aromatic rings. The molecule has 0 atom stereocenters. The largest absolute Gasteiger partial charge is 0.401 e. The standard InChI is InChI=1S/C13H18F3NO2/c1-19-7-6-17(10-13(14,15)16)8-11-2-4-12(9-18)5-3-11/h2-5,18H,6-10H2,1H3. The van der Waals surface area contributed by atoms with E-state index in [0.29, 0.717) is 0 Å². The van der Waals surface area contributed by atoms with Gasteiger partial charge in [-0.05, 0) is 11.1 Å². The van der Waals surface area contributed by atoms with Crippen molar-refractivity contribution in [2.75, 3.05) is 26.8 Å². The Morgan fingerprint density at radius 3 is 2.21 bits per heavy atom. The Kier molecular flexibility index (Phi) is 6.27. The maximum absolute atomic E-state index is 12.4. The number of rotatable bonds is 7. The summed E-state index contributed by atoms with van der Waals surface area (Å²) in [6, 6.07) is 6.86. The van der Waals surface area contributed by atoms with Gasteiger partial charge in [-0.1, -0.05) is 24.3 Å². The summed E-state index contributed by atoms with van der Waals surface area (Å²) in [5.41, 5.74) is 1.51. The average molecular weight is 277 g/mol. The fourth-order valence-corrected chi connectivity index (χ4v) is 1.70. The molecule has 0 aromatic heterocycles. The van der Waals surface area contributed by atoms with Crippen LogP contribution in [0.3, 0.4) is 0 Å². The van der Waals surface area contributed by atoms with Crippen LogP contribution in [0.2, 0.25) is 0 Å². The topological polar surface area (TPSA) is 32.7 Å². The van der Waals surface area contributed by atoms with Crippen molar-refractivity contribution in [1.82, 2.24) is 4.90 Å². The predicted molar refractivity (Wildman–Crippen MR) is 65.6 cm³/mol. The minimum absolute atomic E-state index is 0.0732. The molecule has 0 aliphatic heterocycles. The number of aliphatic hydroxyl groups excluding tert-OH is 1.